The molecule has 8 nitrogen and oxygen atoms in total. The molecule has 28 heavy (non-hydrogen) atoms. The van der Waals surface area contributed by atoms with E-state index in [9.17, 15) is 9.59 Å². The third-order valence-electron chi connectivity index (χ3n) is 5.52. The van der Waals surface area contributed by atoms with Crippen LogP contribution in [-0.4, -0.2) is 63.7 Å². The van der Waals surface area contributed by atoms with Crippen LogP contribution in [-0.2, 0) is 4.79 Å². The minimum absolute atomic E-state index is 0.0236. The Morgan fingerprint density at radius 1 is 1.25 bits per heavy atom. The van der Waals surface area contributed by atoms with Gasteiger partial charge in [0.15, 0.2) is 0 Å². The maximum atomic E-state index is 13.0. The van der Waals surface area contributed by atoms with Crippen LogP contribution in [0.4, 0.5) is 0 Å². The molecule has 8 heteroatoms. The second-order valence-corrected chi connectivity index (χ2v) is 7.54. The molecular formula is C20H26N6O2. The number of amides is 2. The summed E-state index contributed by atoms with van der Waals surface area (Å²) >= 11 is 0. The van der Waals surface area contributed by atoms with Gasteiger partial charge in [-0.1, -0.05) is 6.07 Å². The van der Waals surface area contributed by atoms with Crippen LogP contribution in [0, 0.1) is 5.92 Å². The first-order chi connectivity index (χ1) is 13.7. The summed E-state index contributed by atoms with van der Waals surface area (Å²) in [5.74, 6) is 0.401. The molecule has 0 radical (unpaired) electrons. The van der Waals surface area contributed by atoms with E-state index in [0.29, 0.717) is 24.6 Å². The number of hydrogen-bond donors (Lipinski definition) is 2. The van der Waals surface area contributed by atoms with Crippen molar-refractivity contribution < 1.29 is 9.59 Å². The fourth-order valence-corrected chi connectivity index (χ4v) is 4.00. The lowest BCUT2D eigenvalue weighted by Crippen LogP contribution is -2.46. The molecule has 2 unspecified atom stereocenters. The van der Waals surface area contributed by atoms with Gasteiger partial charge in [0.25, 0.3) is 5.91 Å². The van der Waals surface area contributed by atoms with Crippen molar-refractivity contribution in [3.63, 3.8) is 0 Å². The van der Waals surface area contributed by atoms with Crippen LogP contribution in [0.25, 0.3) is 5.69 Å². The molecule has 0 aliphatic carbocycles. The molecule has 2 aliphatic rings. The van der Waals surface area contributed by atoms with Crippen LogP contribution >= 0.6 is 0 Å². The molecule has 1 aromatic carbocycles. The molecule has 4 rings (SSSR count). The van der Waals surface area contributed by atoms with Crippen LogP contribution in [0.5, 0.6) is 0 Å². The van der Waals surface area contributed by atoms with Crippen LogP contribution in [0.3, 0.4) is 0 Å². The van der Waals surface area contributed by atoms with Crippen molar-refractivity contribution in [3.05, 3.63) is 42.5 Å². The Bertz CT molecular complexity index is 816. The topological polar surface area (TPSA) is 92.2 Å². The zero-order valence-corrected chi connectivity index (χ0v) is 15.9. The number of piperidine rings is 1. The van der Waals surface area contributed by atoms with Crippen LogP contribution in [0.2, 0.25) is 0 Å². The summed E-state index contributed by atoms with van der Waals surface area (Å²) in [5, 5.41) is 10.4. The summed E-state index contributed by atoms with van der Waals surface area (Å²) in [6.07, 6.45) is 7.03. The summed E-state index contributed by atoms with van der Waals surface area (Å²) in [5.41, 5.74) is 1.46. The van der Waals surface area contributed by atoms with Gasteiger partial charge in [-0.3, -0.25) is 9.59 Å². The van der Waals surface area contributed by atoms with E-state index in [1.807, 2.05) is 29.2 Å². The second-order valence-electron chi connectivity index (χ2n) is 7.54. The summed E-state index contributed by atoms with van der Waals surface area (Å²) in [6.45, 7) is 2.96. The average molecular weight is 382 g/mol. The minimum atomic E-state index is -0.0548. The highest BCUT2D eigenvalue weighted by atomic mass is 16.2. The molecule has 0 bridgehead atoms. The predicted octanol–water partition coefficient (Wildman–Crippen LogP) is 0.988. The van der Waals surface area contributed by atoms with E-state index in [2.05, 4.69) is 20.7 Å². The summed E-state index contributed by atoms with van der Waals surface area (Å²) < 4.78 is 1.64. The molecule has 2 N–H and O–H groups in total. The van der Waals surface area contributed by atoms with Gasteiger partial charge in [0.1, 0.15) is 12.7 Å². The number of nitrogens with one attached hydrogen (secondary N) is 2. The standard InChI is InChI=1S/C20H26N6O2/c27-19(18-7-2-8-22-18)23-11-15-4-3-9-25(12-15)20(28)16-5-1-6-17(10-16)26-14-21-13-24-26/h1,5-6,10,13-15,18,22H,2-4,7-9,11-12H2,(H,23,27). The van der Waals surface area contributed by atoms with Gasteiger partial charge >= 0.3 is 0 Å². The Balaban J connectivity index is 1.35. The van der Waals surface area contributed by atoms with Crippen molar-refractivity contribution in [3.8, 4) is 5.69 Å². The number of aromatic nitrogens is 3. The van der Waals surface area contributed by atoms with Crippen molar-refractivity contribution >= 4 is 11.8 Å². The number of nitrogens with zero attached hydrogens (tertiary/aromatic N) is 4. The largest absolute Gasteiger partial charge is 0.354 e. The van der Waals surface area contributed by atoms with E-state index < -0.39 is 0 Å². The molecule has 2 fully saturated rings. The van der Waals surface area contributed by atoms with Crippen molar-refractivity contribution in [1.29, 1.82) is 0 Å². The lowest BCUT2D eigenvalue weighted by atomic mass is 9.97. The maximum absolute atomic E-state index is 13.0. The zero-order chi connectivity index (χ0) is 19.3. The fraction of sp³-hybridized carbons (Fsp3) is 0.500. The molecule has 0 saturated carbocycles. The lowest BCUT2D eigenvalue weighted by molar-refractivity contribution is -0.123. The predicted molar refractivity (Wildman–Crippen MR) is 104 cm³/mol. The van der Waals surface area contributed by atoms with Crippen LogP contribution in [0.15, 0.2) is 36.9 Å². The quantitative estimate of drug-likeness (QED) is 0.805. The van der Waals surface area contributed by atoms with Gasteiger partial charge in [0.2, 0.25) is 5.91 Å². The van der Waals surface area contributed by atoms with Crippen molar-refractivity contribution in [2.45, 2.75) is 31.7 Å². The monoisotopic (exact) mass is 382 g/mol. The molecule has 2 saturated heterocycles. The van der Waals surface area contributed by atoms with E-state index in [0.717, 1.165) is 44.5 Å². The highest BCUT2D eigenvalue weighted by Crippen LogP contribution is 2.19. The van der Waals surface area contributed by atoms with E-state index in [1.165, 1.54) is 6.33 Å². The molecule has 3 heterocycles. The van der Waals surface area contributed by atoms with Gasteiger partial charge in [-0.2, -0.15) is 5.10 Å². The van der Waals surface area contributed by atoms with Gasteiger partial charge in [-0.25, -0.2) is 9.67 Å². The number of hydrogen-bond acceptors (Lipinski definition) is 5. The van der Waals surface area contributed by atoms with Gasteiger partial charge in [-0.15, -0.1) is 0 Å². The molecule has 2 atom stereocenters. The molecular weight excluding hydrogens is 356 g/mol. The summed E-state index contributed by atoms with van der Waals surface area (Å²) in [7, 11) is 0. The Morgan fingerprint density at radius 3 is 2.96 bits per heavy atom. The molecule has 148 valence electrons. The van der Waals surface area contributed by atoms with E-state index in [4.69, 9.17) is 0 Å². The van der Waals surface area contributed by atoms with Crippen molar-refractivity contribution in [2.24, 2.45) is 5.92 Å². The van der Waals surface area contributed by atoms with Gasteiger partial charge in [0, 0.05) is 25.2 Å². The van der Waals surface area contributed by atoms with E-state index in [-0.39, 0.29) is 17.9 Å². The Kier molecular flexibility index (Phi) is 5.66. The third-order valence-corrected chi connectivity index (χ3v) is 5.52. The number of rotatable bonds is 5. The van der Waals surface area contributed by atoms with Gasteiger partial charge in [0.05, 0.1) is 11.7 Å². The first-order valence-corrected chi connectivity index (χ1v) is 9.96. The summed E-state index contributed by atoms with van der Waals surface area (Å²) in [4.78, 5) is 31.1. The third kappa shape index (κ3) is 4.22. The lowest BCUT2D eigenvalue weighted by Gasteiger charge is -2.33. The van der Waals surface area contributed by atoms with Crippen LogP contribution < -0.4 is 10.6 Å². The van der Waals surface area contributed by atoms with E-state index >= 15 is 0 Å². The highest BCUT2D eigenvalue weighted by molar-refractivity contribution is 5.94. The van der Waals surface area contributed by atoms with Gasteiger partial charge in [-0.05, 0) is 56.3 Å². The smallest absolute Gasteiger partial charge is 0.253 e. The first kappa shape index (κ1) is 18.6. The maximum Gasteiger partial charge on any atom is 0.253 e. The average Bonchev–Trinajstić information content (AvgIpc) is 3.46. The normalized spacial score (nSPS) is 22.2. The van der Waals surface area contributed by atoms with Gasteiger partial charge < -0.3 is 15.5 Å². The Hall–Kier alpha value is -2.74. The Labute approximate surface area is 164 Å². The molecule has 2 amide bonds. The number of benzene rings is 1. The molecule has 2 aromatic rings. The molecule has 1 aromatic heterocycles. The fourth-order valence-electron chi connectivity index (χ4n) is 4.00. The number of carbonyl (C=O) groups is 2. The second kappa shape index (κ2) is 8.52. The Morgan fingerprint density at radius 2 is 2.18 bits per heavy atom. The van der Waals surface area contributed by atoms with Crippen molar-refractivity contribution in [1.82, 2.24) is 30.3 Å². The first-order valence-electron chi connectivity index (χ1n) is 9.96. The van der Waals surface area contributed by atoms with E-state index in [1.54, 1.807) is 11.0 Å². The highest BCUT2D eigenvalue weighted by Gasteiger charge is 2.27. The SMILES string of the molecule is O=C(NCC1CCCN(C(=O)c2cccc(-n3cncn3)c2)C1)C1CCCN1. The molecule has 0 spiro atoms. The number of carbonyl (C=O) groups excluding carboxylic acids is 2. The zero-order valence-electron chi connectivity index (χ0n) is 15.9. The number of likely N-dealkylation sites (tertiary alicyclic amines) is 1. The van der Waals surface area contributed by atoms with Crippen LogP contribution in [0.1, 0.15) is 36.0 Å². The molecule has 2 aliphatic heterocycles. The summed E-state index contributed by atoms with van der Waals surface area (Å²) in [6, 6.07) is 7.38. The minimum Gasteiger partial charge on any atom is -0.354 e. The van der Waals surface area contributed by atoms with Crippen molar-refractivity contribution in [2.75, 3.05) is 26.2 Å².